The summed E-state index contributed by atoms with van der Waals surface area (Å²) in [5, 5.41) is 14.2. The van der Waals surface area contributed by atoms with Crippen molar-refractivity contribution in [1.82, 2.24) is 0 Å². The lowest BCUT2D eigenvalue weighted by Gasteiger charge is -2.17. The number of primary sulfonamides is 1. The number of sulfonamides is 1. The van der Waals surface area contributed by atoms with Gasteiger partial charge in [-0.3, -0.25) is 4.79 Å². The van der Waals surface area contributed by atoms with Crippen molar-refractivity contribution in [3.8, 4) is 6.07 Å². The van der Waals surface area contributed by atoms with E-state index < -0.39 is 21.9 Å². The highest BCUT2D eigenvalue weighted by Gasteiger charge is 2.33. The number of methoxy groups -OCH3 is 1. The van der Waals surface area contributed by atoms with Gasteiger partial charge < -0.3 is 9.64 Å². The number of carbonyl (C=O) groups excluding carboxylic acids is 2. The molecule has 0 radical (unpaired) electrons. The predicted molar refractivity (Wildman–Crippen MR) is 80.9 cm³/mol. The van der Waals surface area contributed by atoms with Gasteiger partial charge >= 0.3 is 5.97 Å². The first-order valence-corrected chi connectivity index (χ1v) is 8.40. The maximum Gasteiger partial charge on any atom is 0.339 e. The summed E-state index contributed by atoms with van der Waals surface area (Å²) in [6.07, 6.45) is 0.0665. The minimum atomic E-state index is -3.66. The van der Waals surface area contributed by atoms with Crippen LogP contribution in [0.15, 0.2) is 18.2 Å². The van der Waals surface area contributed by atoms with Crippen LogP contribution in [-0.4, -0.2) is 39.7 Å². The van der Waals surface area contributed by atoms with Crippen molar-refractivity contribution in [2.24, 2.45) is 11.1 Å². The molecule has 1 aliphatic heterocycles. The van der Waals surface area contributed by atoms with Crippen LogP contribution in [0.25, 0.3) is 0 Å². The maximum atomic E-state index is 12.1. The standard InChI is InChI=1S/C14H15N3O5S/c1-22-14(19)12-3-2-11(5-10(12)6-15)17-7-9(4-13(17)18)8-23(16,20)21/h2-3,5,9H,4,7-8H2,1H3,(H2,16,20,21). The molecule has 1 unspecified atom stereocenters. The van der Waals surface area contributed by atoms with E-state index in [1.807, 2.05) is 6.07 Å². The molecule has 9 heteroatoms. The lowest BCUT2D eigenvalue weighted by molar-refractivity contribution is -0.117. The van der Waals surface area contributed by atoms with E-state index in [0.717, 1.165) is 0 Å². The quantitative estimate of drug-likeness (QED) is 0.769. The van der Waals surface area contributed by atoms with Crippen LogP contribution in [-0.2, 0) is 19.6 Å². The molecule has 0 aromatic heterocycles. The second kappa shape index (κ2) is 6.36. The first-order chi connectivity index (χ1) is 10.7. The molecule has 122 valence electrons. The summed E-state index contributed by atoms with van der Waals surface area (Å²) in [5.74, 6) is -1.58. The zero-order valence-corrected chi connectivity index (χ0v) is 13.2. The highest BCUT2D eigenvalue weighted by Crippen LogP contribution is 2.27. The molecule has 1 fully saturated rings. The molecule has 1 amide bonds. The molecule has 0 bridgehead atoms. The van der Waals surface area contributed by atoms with E-state index in [1.165, 1.54) is 30.2 Å². The maximum absolute atomic E-state index is 12.1. The average molecular weight is 337 g/mol. The van der Waals surface area contributed by atoms with Gasteiger partial charge in [0.2, 0.25) is 15.9 Å². The average Bonchev–Trinajstić information content (AvgIpc) is 2.84. The van der Waals surface area contributed by atoms with Crippen molar-refractivity contribution >= 4 is 27.6 Å². The van der Waals surface area contributed by atoms with Crippen molar-refractivity contribution in [1.29, 1.82) is 5.26 Å². The van der Waals surface area contributed by atoms with E-state index in [9.17, 15) is 18.0 Å². The summed E-state index contributed by atoms with van der Waals surface area (Å²) in [6, 6.07) is 6.21. The number of esters is 1. The first-order valence-electron chi connectivity index (χ1n) is 6.68. The van der Waals surface area contributed by atoms with Gasteiger partial charge in [0.1, 0.15) is 6.07 Å². The third kappa shape index (κ3) is 3.85. The summed E-state index contributed by atoms with van der Waals surface area (Å²) in [6.45, 7) is 0.192. The third-order valence-electron chi connectivity index (χ3n) is 3.51. The second-order valence-corrected chi connectivity index (χ2v) is 6.90. The number of benzene rings is 1. The molecule has 1 aliphatic rings. The number of hydrogen-bond acceptors (Lipinski definition) is 6. The van der Waals surface area contributed by atoms with Crippen LogP contribution < -0.4 is 10.0 Å². The van der Waals surface area contributed by atoms with Crippen LogP contribution >= 0.6 is 0 Å². The Morgan fingerprint density at radius 2 is 2.22 bits per heavy atom. The molecule has 1 heterocycles. The SMILES string of the molecule is COC(=O)c1ccc(N2CC(CS(N)(=O)=O)CC2=O)cc1C#N. The lowest BCUT2D eigenvalue weighted by atomic mass is 10.1. The van der Waals surface area contributed by atoms with E-state index in [0.29, 0.717) is 5.69 Å². The van der Waals surface area contributed by atoms with Crippen LogP contribution in [0.3, 0.4) is 0 Å². The van der Waals surface area contributed by atoms with Crippen LogP contribution in [0.4, 0.5) is 5.69 Å². The number of nitrogens with zero attached hydrogens (tertiary/aromatic N) is 2. The summed E-state index contributed by atoms with van der Waals surface area (Å²) in [7, 11) is -2.46. The van der Waals surface area contributed by atoms with E-state index in [-0.39, 0.29) is 35.8 Å². The summed E-state index contributed by atoms with van der Waals surface area (Å²) in [4.78, 5) is 25.0. The fraction of sp³-hybridized carbons (Fsp3) is 0.357. The van der Waals surface area contributed by atoms with E-state index in [2.05, 4.69) is 4.74 Å². The minimum absolute atomic E-state index is 0.0665. The van der Waals surface area contributed by atoms with Crippen LogP contribution in [0.5, 0.6) is 0 Å². The number of rotatable bonds is 4. The van der Waals surface area contributed by atoms with Crippen LogP contribution in [0.2, 0.25) is 0 Å². The Labute approximate surface area is 133 Å². The number of ether oxygens (including phenoxy) is 1. The largest absolute Gasteiger partial charge is 0.465 e. The number of carbonyl (C=O) groups is 2. The Morgan fingerprint density at radius 3 is 2.78 bits per heavy atom. The van der Waals surface area contributed by atoms with Crippen molar-refractivity contribution in [2.75, 3.05) is 24.3 Å². The summed E-state index contributed by atoms with van der Waals surface area (Å²) in [5.41, 5.74) is 0.611. The van der Waals surface area contributed by atoms with E-state index in [1.54, 1.807) is 0 Å². The molecule has 2 rings (SSSR count). The molecular formula is C14H15N3O5S. The number of hydrogen-bond donors (Lipinski definition) is 1. The molecule has 1 aromatic rings. The highest BCUT2D eigenvalue weighted by atomic mass is 32.2. The molecular weight excluding hydrogens is 322 g/mol. The first kappa shape index (κ1) is 16.9. The minimum Gasteiger partial charge on any atom is -0.465 e. The van der Waals surface area contributed by atoms with Crippen molar-refractivity contribution < 1.29 is 22.7 Å². The Kier molecular flexibility index (Phi) is 4.68. The molecule has 0 spiro atoms. The normalized spacial score (nSPS) is 17.9. The Hall–Kier alpha value is -2.44. The summed E-state index contributed by atoms with van der Waals surface area (Å²) < 4.78 is 26.9. The Morgan fingerprint density at radius 1 is 1.52 bits per heavy atom. The van der Waals surface area contributed by atoms with Gasteiger partial charge in [-0.15, -0.1) is 0 Å². The topological polar surface area (TPSA) is 131 Å². The molecule has 0 aliphatic carbocycles. The fourth-order valence-electron chi connectivity index (χ4n) is 2.55. The number of nitrogens with two attached hydrogens (primary N) is 1. The Bertz CT molecular complexity index is 797. The van der Waals surface area contributed by atoms with Gasteiger partial charge in [-0.1, -0.05) is 0 Å². The molecule has 23 heavy (non-hydrogen) atoms. The molecule has 2 N–H and O–H groups in total. The number of amides is 1. The van der Waals surface area contributed by atoms with Gasteiger partial charge in [-0.2, -0.15) is 5.26 Å². The highest BCUT2D eigenvalue weighted by molar-refractivity contribution is 7.89. The van der Waals surface area contributed by atoms with Gasteiger partial charge in [0.25, 0.3) is 0 Å². The smallest absolute Gasteiger partial charge is 0.339 e. The predicted octanol–water partition coefficient (Wildman–Crippen LogP) is -0.0137. The molecule has 8 nitrogen and oxygen atoms in total. The zero-order valence-electron chi connectivity index (χ0n) is 12.4. The zero-order chi connectivity index (χ0) is 17.2. The van der Waals surface area contributed by atoms with Gasteiger partial charge in [0.15, 0.2) is 0 Å². The van der Waals surface area contributed by atoms with Crippen LogP contribution in [0, 0.1) is 17.2 Å². The van der Waals surface area contributed by atoms with Crippen molar-refractivity contribution in [3.05, 3.63) is 29.3 Å². The number of anilines is 1. The van der Waals surface area contributed by atoms with E-state index in [4.69, 9.17) is 10.4 Å². The van der Waals surface area contributed by atoms with Gasteiger partial charge in [-0.05, 0) is 18.2 Å². The molecule has 1 saturated heterocycles. The van der Waals surface area contributed by atoms with Crippen LogP contribution in [0.1, 0.15) is 22.3 Å². The van der Waals surface area contributed by atoms with Crippen molar-refractivity contribution in [3.63, 3.8) is 0 Å². The third-order valence-corrected chi connectivity index (χ3v) is 4.45. The van der Waals surface area contributed by atoms with Gasteiger partial charge in [-0.25, -0.2) is 18.4 Å². The monoisotopic (exact) mass is 337 g/mol. The fourth-order valence-corrected chi connectivity index (χ4v) is 3.43. The summed E-state index contributed by atoms with van der Waals surface area (Å²) >= 11 is 0. The lowest BCUT2D eigenvalue weighted by Crippen LogP contribution is -2.27. The van der Waals surface area contributed by atoms with Crippen molar-refractivity contribution in [2.45, 2.75) is 6.42 Å². The Balaban J connectivity index is 2.27. The molecule has 1 atom stereocenters. The second-order valence-electron chi connectivity index (χ2n) is 5.24. The van der Waals surface area contributed by atoms with E-state index >= 15 is 0 Å². The molecule has 0 saturated carbocycles. The van der Waals surface area contributed by atoms with Gasteiger partial charge in [0, 0.05) is 24.6 Å². The van der Waals surface area contributed by atoms with Gasteiger partial charge in [0.05, 0.1) is 24.0 Å². The molecule has 1 aromatic carbocycles. The number of nitriles is 1.